The van der Waals surface area contributed by atoms with Crippen molar-refractivity contribution in [1.82, 2.24) is 0 Å². The van der Waals surface area contributed by atoms with Crippen LogP contribution < -0.4 is 15.2 Å². The summed E-state index contributed by atoms with van der Waals surface area (Å²) >= 11 is 7.50. The van der Waals surface area contributed by atoms with E-state index in [0.717, 1.165) is 42.0 Å². The second kappa shape index (κ2) is 6.65. The highest BCUT2D eigenvalue weighted by Gasteiger charge is 2.26. The smallest absolute Gasteiger partial charge is 0.150 e. The highest BCUT2D eigenvalue weighted by molar-refractivity contribution is 9.11. The van der Waals surface area contributed by atoms with Crippen molar-refractivity contribution in [1.29, 1.82) is 0 Å². The van der Waals surface area contributed by atoms with Gasteiger partial charge in [0.1, 0.15) is 11.5 Å². The first-order chi connectivity index (χ1) is 12.8. The summed E-state index contributed by atoms with van der Waals surface area (Å²) in [4.78, 5) is 0. The molecule has 1 aliphatic rings. The Bertz CT molecular complexity index is 1220. The molecule has 0 spiro atoms. The van der Waals surface area contributed by atoms with E-state index < -0.39 is 0 Å². The quantitative estimate of drug-likeness (QED) is 0.312. The minimum atomic E-state index is 0.834. The Kier molecular flexibility index (Phi) is 4.56. The van der Waals surface area contributed by atoms with E-state index in [0.29, 0.717) is 0 Å². The van der Waals surface area contributed by atoms with Crippen molar-refractivity contribution < 1.29 is 4.74 Å². The number of aryl methyl sites for hydroxylation is 3. The van der Waals surface area contributed by atoms with E-state index in [1.54, 1.807) is 0 Å². The molecule has 1 aliphatic heterocycles. The lowest BCUT2D eigenvalue weighted by Gasteiger charge is -2.26. The van der Waals surface area contributed by atoms with Gasteiger partial charge in [0.05, 0.1) is 8.95 Å². The lowest BCUT2D eigenvalue weighted by molar-refractivity contribution is 0.465. The molecule has 1 nitrogen and oxygen atoms in total. The van der Waals surface area contributed by atoms with Gasteiger partial charge >= 0.3 is 0 Å². The summed E-state index contributed by atoms with van der Waals surface area (Å²) in [6.45, 7) is 12.7. The summed E-state index contributed by atoms with van der Waals surface area (Å²) in [5.41, 5.74) is 8.37. The van der Waals surface area contributed by atoms with Crippen LogP contribution in [0.1, 0.15) is 33.4 Å². The normalized spacial score (nSPS) is 12.4. The molecule has 136 valence electrons. The third-order valence-corrected chi connectivity index (χ3v) is 7.22. The van der Waals surface area contributed by atoms with Crippen molar-refractivity contribution in [2.24, 2.45) is 0 Å². The molecule has 3 heteroatoms. The largest absolute Gasteiger partial charge is 0.454 e. The van der Waals surface area contributed by atoms with E-state index in [1.807, 2.05) is 0 Å². The van der Waals surface area contributed by atoms with Crippen LogP contribution in [0.4, 0.5) is 0 Å². The molecule has 0 saturated heterocycles. The molecule has 4 rings (SSSR count). The van der Waals surface area contributed by atoms with Gasteiger partial charge in [0.25, 0.3) is 0 Å². The van der Waals surface area contributed by atoms with Crippen LogP contribution in [0.15, 0.2) is 45.3 Å². The van der Waals surface area contributed by atoms with Gasteiger partial charge in [-0.15, -0.1) is 0 Å². The first kappa shape index (κ1) is 18.5. The minimum Gasteiger partial charge on any atom is -0.454 e. The molecule has 0 aromatic heterocycles. The molecule has 0 N–H and O–H groups in total. The molecule has 0 bridgehead atoms. The maximum Gasteiger partial charge on any atom is 0.150 e. The fourth-order valence-electron chi connectivity index (χ4n) is 3.61. The molecule has 0 aliphatic carbocycles. The summed E-state index contributed by atoms with van der Waals surface area (Å²) in [5, 5.41) is 2.06. The van der Waals surface area contributed by atoms with E-state index in [2.05, 4.69) is 103 Å². The van der Waals surface area contributed by atoms with Gasteiger partial charge in [-0.2, -0.15) is 0 Å². The van der Waals surface area contributed by atoms with Gasteiger partial charge in [0, 0.05) is 16.4 Å². The van der Waals surface area contributed by atoms with Gasteiger partial charge in [-0.3, -0.25) is 0 Å². The second-order valence-electron chi connectivity index (χ2n) is 7.16. The van der Waals surface area contributed by atoms with Crippen LogP contribution in [0.3, 0.4) is 0 Å². The Hall–Kier alpha value is -1.84. The first-order valence-corrected chi connectivity index (χ1v) is 10.5. The van der Waals surface area contributed by atoms with Gasteiger partial charge in [-0.25, -0.2) is 0 Å². The molecular formula is C24H20Br2O. The Balaban J connectivity index is 2.27. The number of ether oxygens (including phenoxy) is 1. The monoisotopic (exact) mass is 482 g/mol. The van der Waals surface area contributed by atoms with E-state index in [1.165, 1.54) is 27.8 Å². The Morgan fingerprint density at radius 3 is 2.19 bits per heavy atom. The molecule has 0 radical (unpaired) electrons. The summed E-state index contributed by atoms with van der Waals surface area (Å²) in [7, 11) is 0. The van der Waals surface area contributed by atoms with Crippen LogP contribution in [0.5, 0.6) is 11.5 Å². The average molecular weight is 484 g/mol. The van der Waals surface area contributed by atoms with E-state index in [9.17, 15) is 0 Å². The lowest BCUT2D eigenvalue weighted by Crippen LogP contribution is -2.23. The van der Waals surface area contributed by atoms with Crippen LogP contribution in [0.25, 0.3) is 12.2 Å². The van der Waals surface area contributed by atoms with E-state index in [-0.39, 0.29) is 0 Å². The van der Waals surface area contributed by atoms with Gasteiger partial charge in [-0.1, -0.05) is 30.8 Å². The van der Waals surface area contributed by atoms with Gasteiger partial charge in [-0.05, 0) is 105 Å². The zero-order valence-corrected chi connectivity index (χ0v) is 19.0. The Morgan fingerprint density at radius 2 is 1.48 bits per heavy atom. The number of hydrogen-bond acceptors (Lipinski definition) is 1. The zero-order valence-electron chi connectivity index (χ0n) is 15.8. The SMILES string of the molecule is C=c1c(C)cc2c(c1Br)Oc1c(cc(C)c(C)c1Br)C=2c1ccccc1C. The highest BCUT2D eigenvalue weighted by Crippen LogP contribution is 2.45. The fraction of sp³-hybridized carbons (Fsp3) is 0.167. The topological polar surface area (TPSA) is 9.23 Å². The number of hydrogen-bond donors (Lipinski definition) is 0. The van der Waals surface area contributed by atoms with Gasteiger partial charge < -0.3 is 4.74 Å². The van der Waals surface area contributed by atoms with Crippen molar-refractivity contribution in [3.8, 4) is 11.5 Å². The van der Waals surface area contributed by atoms with Crippen LogP contribution in [0, 0.1) is 27.7 Å². The third-order valence-electron chi connectivity index (χ3n) is 5.43. The van der Waals surface area contributed by atoms with Crippen molar-refractivity contribution in [2.45, 2.75) is 27.7 Å². The average Bonchev–Trinajstić information content (AvgIpc) is 2.64. The minimum absolute atomic E-state index is 0.834. The standard InChI is InChI=1S/C24H20Br2O/c1-12-8-6-7-9-17(12)20-18-10-13(2)15(4)21(25)23(18)27-24-19(20)11-14(3)16(5)22(24)26/h6-11H,4H2,1-3,5H3. The predicted octanol–water partition coefficient (Wildman–Crippen LogP) is 6.21. The lowest BCUT2D eigenvalue weighted by atomic mass is 9.88. The Morgan fingerprint density at radius 1 is 0.778 bits per heavy atom. The van der Waals surface area contributed by atoms with E-state index >= 15 is 0 Å². The van der Waals surface area contributed by atoms with Crippen LogP contribution >= 0.6 is 31.9 Å². The summed E-state index contributed by atoms with van der Waals surface area (Å²) in [6, 6.07) is 12.9. The van der Waals surface area contributed by atoms with Crippen molar-refractivity contribution >= 4 is 44.0 Å². The number of halogens is 2. The van der Waals surface area contributed by atoms with Crippen molar-refractivity contribution in [3.63, 3.8) is 0 Å². The highest BCUT2D eigenvalue weighted by atomic mass is 79.9. The zero-order chi connectivity index (χ0) is 19.5. The molecule has 0 fully saturated rings. The van der Waals surface area contributed by atoms with Crippen molar-refractivity contribution in [3.05, 3.63) is 89.2 Å². The van der Waals surface area contributed by atoms with Gasteiger partial charge in [0.2, 0.25) is 0 Å². The molecule has 0 saturated carbocycles. The van der Waals surface area contributed by atoms with Crippen LogP contribution in [0.2, 0.25) is 0 Å². The molecule has 0 unspecified atom stereocenters. The maximum atomic E-state index is 6.45. The maximum absolute atomic E-state index is 6.45. The molecule has 0 atom stereocenters. The van der Waals surface area contributed by atoms with Crippen LogP contribution in [-0.2, 0) is 0 Å². The summed E-state index contributed by atoms with van der Waals surface area (Å²) in [5.74, 6) is 1.70. The molecule has 0 amide bonds. The molecule has 3 aromatic carbocycles. The molecule has 27 heavy (non-hydrogen) atoms. The molecular weight excluding hydrogens is 464 g/mol. The Labute approximate surface area is 176 Å². The number of rotatable bonds is 1. The molecule has 3 aromatic rings. The fourth-order valence-corrected chi connectivity index (χ4v) is 4.83. The summed E-state index contributed by atoms with van der Waals surface area (Å²) in [6.07, 6.45) is 0. The van der Waals surface area contributed by atoms with Crippen LogP contribution in [-0.4, -0.2) is 0 Å². The predicted molar refractivity (Wildman–Crippen MR) is 120 cm³/mol. The van der Waals surface area contributed by atoms with Gasteiger partial charge in [0.15, 0.2) is 0 Å². The number of fused-ring (bicyclic) bond motifs is 2. The first-order valence-electron chi connectivity index (χ1n) is 8.87. The van der Waals surface area contributed by atoms with Crippen molar-refractivity contribution in [2.75, 3.05) is 0 Å². The number of benzene rings is 3. The summed E-state index contributed by atoms with van der Waals surface area (Å²) < 4.78 is 8.37. The van der Waals surface area contributed by atoms with E-state index in [4.69, 9.17) is 4.74 Å². The third kappa shape index (κ3) is 2.79. The second-order valence-corrected chi connectivity index (χ2v) is 8.75. The molecule has 1 heterocycles.